The average Bonchev–Trinajstić information content (AvgIpc) is 2.86. The van der Waals surface area contributed by atoms with E-state index in [0.29, 0.717) is 29.3 Å². The minimum atomic E-state index is -2.96. The molecule has 0 radical (unpaired) electrons. The van der Waals surface area contributed by atoms with Gasteiger partial charge in [0.05, 0.1) is 16.0 Å². The molecule has 0 saturated carbocycles. The zero-order chi connectivity index (χ0) is 12.8. The lowest BCUT2D eigenvalue weighted by Gasteiger charge is -2.07. The molecule has 0 aliphatic carbocycles. The van der Waals surface area contributed by atoms with Crippen LogP contribution in [0.25, 0.3) is 5.65 Å². The van der Waals surface area contributed by atoms with E-state index in [2.05, 4.69) is 10.2 Å². The summed E-state index contributed by atoms with van der Waals surface area (Å²) >= 11 is 6.00. The molecule has 1 saturated heterocycles. The number of fused-ring (bicyclic) bond motifs is 1. The number of hydrogen-bond donors (Lipinski definition) is 0. The van der Waals surface area contributed by atoms with Crippen molar-refractivity contribution < 1.29 is 8.42 Å². The van der Waals surface area contributed by atoms with E-state index < -0.39 is 9.84 Å². The molecular weight excluding hydrogens is 274 g/mol. The number of halogens is 1. The normalized spacial score (nSPS) is 22.6. The van der Waals surface area contributed by atoms with Gasteiger partial charge in [0.15, 0.2) is 15.5 Å². The predicted octanol–water partition coefficient (Wildman–Crippen LogP) is 1.50. The smallest absolute Gasteiger partial charge is 0.179 e. The highest BCUT2D eigenvalue weighted by atomic mass is 35.5. The largest absolute Gasteiger partial charge is 0.285 e. The third kappa shape index (κ3) is 1.89. The van der Waals surface area contributed by atoms with Gasteiger partial charge in [-0.15, -0.1) is 10.2 Å². The maximum Gasteiger partial charge on any atom is 0.179 e. The Morgan fingerprint density at radius 2 is 2.28 bits per heavy atom. The summed E-state index contributed by atoms with van der Waals surface area (Å²) < 4.78 is 25.4. The fourth-order valence-corrected chi connectivity index (χ4v) is 4.39. The Balaban J connectivity index is 1.99. The number of aromatic nitrogens is 3. The van der Waals surface area contributed by atoms with Gasteiger partial charge in [0.1, 0.15) is 5.82 Å². The third-order valence-corrected chi connectivity index (χ3v) is 5.90. The summed E-state index contributed by atoms with van der Waals surface area (Å²) in [5, 5.41) is 8.23. The van der Waals surface area contributed by atoms with Gasteiger partial charge in [-0.25, -0.2) is 8.42 Å². The highest BCUT2D eigenvalue weighted by Gasteiger charge is 2.32. The molecule has 0 spiro atoms. The topological polar surface area (TPSA) is 64.3 Å². The number of pyridine rings is 1. The molecule has 1 atom stereocenters. The number of sulfone groups is 1. The molecule has 96 valence electrons. The van der Waals surface area contributed by atoms with Crippen molar-refractivity contribution in [2.45, 2.75) is 24.5 Å². The molecule has 3 rings (SSSR count). The summed E-state index contributed by atoms with van der Waals surface area (Å²) in [6.07, 6.45) is 3.66. The molecule has 0 bridgehead atoms. The van der Waals surface area contributed by atoms with Crippen LogP contribution < -0.4 is 0 Å². The summed E-state index contributed by atoms with van der Waals surface area (Å²) in [4.78, 5) is 0. The molecule has 2 aromatic rings. The van der Waals surface area contributed by atoms with Crippen LogP contribution in [0, 0.1) is 0 Å². The Bertz CT molecular complexity index is 695. The maximum atomic E-state index is 11.8. The SMILES string of the molecule is O=S1(=O)CCCC1Cc1nnc2c(Cl)cccn12. The van der Waals surface area contributed by atoms with Crippen LogP contribution in [0.4, 0.5) is 0 Å². The first-order chi connectivity index (χ1) is 8.58. The molecule has 7 heteroatoms. The quantitative estimate of drug-likeness (QED) is 0.839. The van der Waals surface area contributed by atoms with Crippen LogP contribution in [0.3, 0.4) is 0 Å². The van der Waals surface area contributed by atoms with Crippen LogP contribution in [-0.2, 0) is 16.3 Å². The summed E-state index contributed by atoms with van der Waals surface area (Å²) in [5.74, 6) is 0.942. The molecule has 0 aromatic carbocycles. The molecule has 1 aliphatic rings. The second kappa shape index (κ2) is 4.20. The van der Waals surface area contributed by atoms with Crippen LogP contribution in [0.2, 0.25) is 5.02 Å². The number of hydrogen-bond acceptors (Lipinski definition) is 4. The highest BCUT2D eigenvalue weighted by Crippen LogP contribution is 2.24. The fraction of sp³-hybridized carbons (Fsp3) is 0.455. The van der Waals surface area contributed by atoms with Crippen molar-refractivity contribution in [3.8, 4) is 0 Å². The summed E-state index contributed by atoms with van der Waals surface area (Å²) in [6, 6.07) is 3.53. The molecule has 18 heavy (non-hydrogen) atoms. The van der Waals surface area contributed by atoms with E-state index in [1.807, 2.05) is 0 Å². The van der Waals surface area contributed by atoms with Gasteiger partial charge >= 0.3 is 0 Å². The van der Waals surface area contributed by atoms with Gasteiger partial charge in [-0.2, -0.15) is 0 Å². The molecule has 5 nitrogen and oxygen atoms in total. The van der Waals surface area contributed by atoms with Crippen molar-refractivity contribution in [2.24, 2.45) is 0 Å². The van der Waals surface area contributed by atoms with Crippen molar-refractivity contribution in [2.75, 3.05) is 5.75 Å². The highest BCUT2D eigenvalue weighted by molar-refractivity contribution is 7.92. The lowest BCUT2D eigenvalue weighted by molar-refractivity contribution is 0.585. The lowest BCUT2D eigenvalue weighted by atomic mass is 10.2. The standard InChI is InChI=1S/C11H12ClN3O2S/c12-9-4-1-5-15-10(13-14-11(9)15)7-8-3-2-6-18(8,16)17/h1,4-5,8H,2-3,6-7H2. The zero-order valence-corrected chi connectivity index (χ0v) is 11.2. The Morgan fingerprint density at radius 3 is 3.00 bits per heavy atom. The minimum Gasteiger partial charge on any atom is -0.285 e. The fourth-order valence-electron chi connectivity index (χ4n) is 2.36. The Hall–Kier alpha value is -1.14. The van der Waals surface area contributed by atoms with E-state index in [1.165, 1.54) is 0 Å². The molecule has 1 fully saturated rings. The third-order valence-electron chi connectivity index (χ3n) is 3.33. The van der Waals surface area contributed by atoms with Crippen molar-refractivity contribution in [1.29, 1.82) is 0 Å². The van der Waals surface area contributed by atoms with E-state index in [0.717, 1.165) is 6.42 Å². The van der Waals surface area contributed by atoms with E-state index >= 15 is 0 Å². The monoisotopic (exact) mass is 285 g/mol. The molecule has 0 amide bonds. The molecule has 1 unspecified atom stereocenters. The molecule has 0 N–H and O–H groups in total. The lowest BCUT2D eigenvalue weighted by Crippen LogP contribution is -2.19. The first kappa shape index (κ1) is 11.9. The number of nitrogens with zero attached hydrogens (tertiary/aromatic N) is 3. The predicted molar refractivity (Wildman–Crippen MR) is 68.5 cm³/mol. The van der Waals surface area contributed by atoms with Crippen molar-refractivity contribution >= 4 is 27.1 Å². The minimum absolute atomic E-state index is 0.287. The van der Waals surface area contributed by atoms with Crippen LogP contribution in [0.5, 0.6) is 0 Å². The number of rotatable bonds is 2. The van der Waals surface area contributed by atoms with Gasteiger partial charge in [0.25, 0.3) is 0 Å². The molecule has 1 aliphatic heterocycles. The molecule has 3 heterocycles. The van der Waals surface area contributed by atoms with Gasteiger partial charge in [0.2, 0.25) is 0 Å². The van der Waals surface area contributed by atoms with Crippen molar-refractivity contribution in [1.82, 2.24) is 14.6 Å². The van der Waals surface area contributed by atoms with Crippen LogP contribution in [0.15, 0.2) is 18.3 Å². The van der Waals surface area contributed by atoms with E-state index in [-0.39, 0.29) is 11.0 Å². The Morgan fingerprint density at radius 1 is 1.44 bits per heavy atom. The van der Waals surface area contributed by atoms with Crippen molar-refractivity contribution in [3.05, 3.63) is 29.2 Å². The van der Waals surface area contributed by atoms with Crippen LogP contribution in [-0.4, -0.2) is 34.0 Å². The molecular formula is C11H12ClN3O2S. The average molecular weight is 286 g/mol. The first-order valence-corrected chi connectivity index (χ1v) is 7.87. The second-order valence-corrected chi connectivity index (χ2v) is 7.31. The maximum absolute atomic E-state index is 11.8. The Kier molecular flexibility index (Phi) is 2.79. The summed E-state index contributed by atoms with van der Waals surface area (Å²) in [5.41, 5.74) is 0.574. The zero-order valence-electron chi connectivity index (χ0n) is 9.58. The Labute approximate surface area is 110 Å². The molecule has 2 aromatic heterocycles. The second-order valence-electron chi connectivity index (χ2n) is 4.50. The van der Waals surface area contributed by atoms with Gasteiger partial charge in [0, 0.05) is 12.6 Å². The van der Waals surface area contributed by atoms with E-state index in [1.54, 1.807) is 22.7 Å². The van der Waals surface area contributed by atoms with Crippen molar-refractivity contribution in [3.63, 3.8) is 0 Å². The van der Waals surface area contributed by atoms with Gasteiger partial charge in [-0.3, -0.25) is 4.40 Å². The van der Waals surface area contributed by atoms with E-state index in [9.17, 15) is 8.42 Å². The van der Waals surface area contributed by atoms with Crippen LogP contribution in [0.1, 0.15) is 18.7 Å². The van der Waals surface area contributed by atoms with Gasteiger partial charge in [-0.1, -0.05) is 11.6 Å². The van der Waals surface area contributed by atoms with Gasteiger partial charge < -0.3 is 0 Å². The first-order valence-electron chi connectivity index (χ1n) is 5.77. The van der Waals surface area contributed by atoms with Crippen LogP contribution >= 0.6 is 11.6 Å². The summed E-state index contributed by atoms with van der Waals surface area (Å²) in [7, 11) is -2.96. The summed E-state index contributed by atoms with van der Waals surface area (Å²) in [6.45, 7) is 0. The van der Waals surface area contributed by atoms with Gasteiger partial charge in [-0.05, 0) is 25.0 Å². The van der Waals surface area contributed by atoms with E-state index in [4.69, 9.17) is 11.6 Å².